The largest absolute Gasteiger partial charge is 0.312 e. The number of sulfonamides is 1. The predicted octanol–water partition coefficient (Wildman–Crippen LogP) is 1.34. The van der Waals surface area contributed by atoms with Crippen molar-refractivity contribution >= 4 is 39.9 Å². The molecule has 1 aliphatic rings. The van der Waals surface area contributed by atoms with Crippen molar-refractivity contribution in [3.05, 3.63) is 24.3 Å². The fraction of sp³-hybridized carbons (Fsp3) is 0.417. The molecule has 0 radical (unpaired) electrons. The van der Waals surface area contributed by atoms with Gasteiger partial charge < -0.3 is 4.90 Å². The van der Waals surface area contributed by atoms with Crippen LogP contribution in [-0.2, 0) is 14.8 Å². The molecule has 1 unspecified atom stereocenters. The number of anilines is 2. The van der Waals surface area contributed by atoms with Gasteiger partial charge in [-0.25, -0.2) is 8.42 Å². The molecule has 7 heteroatoms. The normalized spacial score (nSPS) is 19.8. The number of nitrogens with one attached hydrogen (secondary N) is 1. The summed E-state index contributed by atoms with van der Waals surface area (Å²) in [6.45, 7) is 0.630. The van der Waals surface area contributed by atoms with E-state index >= 15 is 0 Å². The van der Waals surface area contributed by atoms with Gasteiger partial charge in [-0.1, -0.05) is 6.07 Å². The minimum atomic E-state index is -3.31. The Morgan fingerprint density at radius 3 is 2.79 bits per heavy atom. The van der Waals surface area contributed by atoms with Gasteiger partial charge in [-0.15, -0.1) is 0 Å². The Balaban J connectivity index is 2.22. The van der Waals surface area contributed by atoms with Crippen molar-refractivity contribution < 1.29 is 13.2 Å². The highest BCUT2D eigenvalue weighted by atomic mass is 32.2. The Morgan fingerprint density at radius 2 is 2.21 bits per heavy atom. The molecule has 1 heterocycles. The van der Waals surface area contributed by atoms with E-state index in [-0.39, 0.29) is 11.8 Å². The summed E-state index contributed by atoms with van der Waals surface area (Å²) in [6, 6.07) is 6.84. The first-order valence-corrected chi connectivity index (χ1v) is 8.40. The van der Waals surface area contributed by atoms with Crippen molar-refractivity contribution in [2.24, 2.45) is 5.92 Å². The molecular weight excluding hydrogens is 284 g/mol. The van der Waals surface area contributed by atoms with E-state index in [1.807, 2.05) is 0 Å². The molecule has 1 fully saturated rings. The molecular formula is C12H16N2O3S2. The van der Waals surface area contributed by atoms with Crippen LogP contribution >= 0.6 is 12.6 Å². The predicted molar refractivity (Wildman–Crippen MR) is 79.2 cm³/mol. The van der Waals surface area contributed by atoms with Gasteiger partial charge in [-0.3, -0.25) is 9.52 Å². The Hall–Kier alpha value is -1.21. The molecule has 1 aromatic rings. The van der Waals surface area contributed by atoms with Crippen LogP contribution in [0.2, 0.25) is 0 Å². The zero-order valence-electron chi connectivity index (χ0n) is 10.5. The first-order valence-electron chi connectivity index (χ1n) is 5.88. The number of carbonyl (C=O) groups excluding carboxylic acids is 1. The van der Waals surface area contributed by atoms with Crippen LogP contribution in [0, 0.1) is 5.92 Å². The Labute approximate surface area is 118 Å². The van der Waals surface area contributed by atoms with Gasteiger partial charge in [0.25, 0.3) is 0 Å². The molecule has 0 spiro atoms. The number of thiol groups is 1. The molecule has 0 aliphatic carbocycles. The van der Waals surface area contributed by atoms with Crippen molar-refractivity contribution in [2.45, 2.75) is 6.42 Å². The molecule has 104 valence electrons. The van der Waals surface area contributed by atoms with Gasteiger partial charge in [0.1, 0.15) is 0 Å². The smallest absolute Gasteiger partial charge is 0.229 e. The summed E-state index contributed by atoms with van der Waals surface area (Å²) in [7, 11) is -3.31. The molecule has 0 aromatic heterocycles. The lowest BCUT2D eigenvalue weighted by atomic mass is 10.1. The number of hydrogen-bond donors (Lipinski definition) is 2. The van der Waals surface area contributed by atoms with Crippen LogP contribution in [0.15, 0.2) is 24.3 Å². The van der Waals surface area contributed by atoms with Crippen LogP contribution < -0.4 is 9.62 Å². The Bertz CT molecular complexity index is 586. The van der Waals surface area contributed by atoms with Crippen LogP contribution in [0.3, 0.4) is 0 Å². The zero-order chi connectivity index (χ0) is 14.0. The quantitative estimate of drug-likeness (QED) is 0.825. The summed E-state index contributed by atoms with van der Waals surface area (Å²) < 4.78 is 24.8. The fourth-order valence-corrected chi connectivity index (χ4v) is 2.90. The van der Waals surface area contributed by atoms with Crippen LogP contribution in [-0.4, -0.2) is 32.9 Å². The number of hydrogen-bond acceptors (Lipinski definition) is 4. The Kier molecular flexibility index (Phi) is 4.05. The van der Waals surface area contributed by atoms with Gasteiger partial charge >= 0.3 is 0 Å². The van der Waals surface area contributed by atoms with E-state index in [0.29, 0.717) is 30.1 Å². The highest BCUT2D eigenvalue weighted by molar-refractivity contribution is 7.92. The second-order valence-corrected chi connectivity index (χ2v) is 6.80. The zero-order valence-corrected chi connectivity index (χ0v) is 12.2. The SMILES string of the molecule is CS(=O)(=O)Nc1cccc(N2CC(CS)CC2=O)c1. The minimum absolute atomic E-state index is 0.0514. The number of amides is 1. The monoisotopic (exact) mass is 300 g/mol. The summed E-state index contributed by atoms with van der Waals surface area (Å²) in [5.74, 6) is 0.974. The van der Waals surface area contributed by atoms with E-state index < -0.39 is 10.0 Å². The second kappa shape index (κ2) is 5.42. The maximum atomic E-state index is 11.9. The van der Waals surface area contributed by atoms with Crippen molar-refractivity contribution in [3.8, 4) is 0 Å². The summed E-state index contributed by atoms with van der Waals surface area (Å²) in [4.78, 5) is 13.6. The maximum Gasteiger partial charge on any atom is 0.229 e. The molecule has 1 amide bonds. The summed E-state index contributed by atoms with van der Waals surface area (Å²) in [5.41, 5.74) is 1.17. The second-order valence-electron chi connectivity index (χ2n) is 4.68. The lowest BCUT2D eigenvalue weighted by molar-refractivity contribution is -0.117. The first-order chi connectivity index (χ1) is 8.89. The van der Waals surface area contributed by atoms with Crippen molar-refractivity contribution in [2.75, 3.05) is 28.2 Å². The maximum absolute atomic E-state index is 11.9. The lowest BCUT2D eigenvalue weighted by Crippen LogP contribution is -2.24. The fourth-order valence-electron chi connectivity index (χ4n) is 2.10. The number of nitrogens with zero attached hydrogens (tertiary/aromatic N) is 1. The molecule has 0 bridgehead atoms. The van der Waals surface area contributed by atoms with Crippen molar-refractivity contribution in [1.82, 2.24) is 0 Å². The molecule has 2 rings (SSSR count). The molecule has 19 heavy (non-hydrogen) atoms. The molecule has 1 saturated heterocycles. The standard InChI is InChI=1S/C12H16N2O3S2/c1-19(16,17)13-10-3-2-4-11(6-10)14-7-9(8-18)5-12(14)15/h2-4,6,9,13,18H,5,7-8H2,1H3. The first kappa shape index (κ1) is 14.2. The topological polar surface area (TPSA) is 66.5 Å². The average molecular weight is 300 g/mol. The van der Waals surface area contributed by atoms with Crippen LogP contribution in [0.1, 0.15) is 6.42 Å². The van der Waals surface area contributed by atoms with Gasteiger partial charge in [0.2, 0.25) is 15.9 Å². The average Bonchev–Trinajstić information content (AvgIpc) is 2.69. The van der Waals surface area contributed by atoms with Crippen molar-refractivity contribution in [1.29, 1.82) is 0 Å². The molecule has 0 saturated carbocycles. The minimum Gasteiger partial charge on any atom is -0.312 e. The van der Waals surface area contributed by atoms with Crippen LogP contribution in [0.5, 0.6) is 0 Å². The third-order valence-electron chi connectivity index (χ3n) is 2.92. The summed E-state index contributed by atoms with van der Waals surface area (Å²) >= 11 is 4.22. The van der Waals surface area contributed by atoms with Gasteiger partial charge in [0.05, 0.1) is 11.9 Å². The highest BCUT2D eigenvalue weighted by Gasteiger charge is 2.29. The van der Waals surface area contributed by atoms with Crippen molar-refractivity contribution in [3.63, 3.8) is 0 Å². The molecule has 1 atom stereocenters. The van der Waals surface area contributed by atoms with Crippen LogP contribution in [0.4, 0.5) is 11.4 Å². The van der Waals surface area contributed by atoms with E-state index in [4.69, 9.17) is 0 Å². The van der Waals surface area contributed by atoms with E-state index in [1.54, 1.807) is 29.2 Å². The molecule has 1 N–H and O–H groups in total. The highest BCUT2D eigenvalue weighted by Crippen LogP contribution is 2.27. The number of benzene rings is 1. The Morgan fingerprint density at radius 1 is 1.47 bits per heavy atom. The summed E-state index contributed by atoms with van der Waals surface area (Å²) in [5, 5.41) is 0. The number of carbonyl (C=O) groups is 1. The molecule has 1 aliphatic heterocycles. The van der Waals surface area contributed by atoms with E-state index in [2.05, 4.69) is 17.4 Å². The third kappa shape index (κ3) is 3.63. The lowest BCUT2D eigenvalue weighted by Gasteiger charge is -2.17. The van der Waals surface area contributed by atoms with Gasteiger partial charge in [-0.05, 0) is 29.9 Å². The van der Waals surface area contributed by atoms with Gasteiger partial charge in [0.15, 0.2) is 0 Å². The van der Waals surface area contributed by atoms with E-state index in [1.165, 1.54) is 0 Å². The third-order valence-corrected chi connectivity index (χ3v) is 4.05. The number of rotatable bonds is 4. The van der Waals surface area contributed by atoms with Gasteiger partial charge in [-0.2, -0.15) is 12.6 Å². The molecule has 5 nitrogen and oxygen atoms in total. The van der Waals surface area contributed by atoms with E-state index in [9.17, 15) is 13.2 Å². The molecule has 1 aromatic carbocycles. The van der Waals surface area contributed by atoms with Gasteiger partial charge in [0, 0.05) is 18.7 Å². The van der Waals surface area contributed by atoms with Crippen LogP contribution in [0.25, 0.3) is 0 Å². The summed E-state index contributed by atoms with van der Waals surface area (Å²) in [6.07, 6.45) is 1.59. The van der Waals surface area contributed by atoms with E-state index in [0.717, 1.165) is 6.26 Å².